The van der Waals surface area contributed by atoms with Crippen molar-refractivity contribution in [2.24, 2.45) is 0 Å². The fourth-order valence-electron chi connectivity index (χ4n) is 2.28. The highest BCUT2D eigenvalue weighted by Crippen LogP contribution is 2.19. The van der Waals surface area contributed by atoms with Crippen LogP contribution >= 0.6 is 11.6 Å². The zero-order valence-corrected chi connectivity index (χ0v) is 15.0. The molecule has 27 heavy (non-hydrogen) atoms. The molecule has 0 saturated carbocycles. The van der Waals surface area contributed by atoms with E-state index in [4.69, 9.17) is 25.5 Å². The van der Waals surface area contributed by atoms with Crippen LogP contribution in [-0.2, 0) is 16.1 Å². The van der Waals surface area contributed by atoms with Crippen molar-refractivity contribution in [3.63, 3.8) is 0 Å². The molecule has 8 heteroatoms. The van der Waals surface area contributed by atoms with Crippen LogP contribution in [-0.4, -0.2) is 16.9 Å². The van der Waals surface area contributed by atoms with Gasteiger partial charge >= 0.3 is 17.6 Å². The second-order valence-electron chi connectivity index (χ2n) is 5.56. The monoisotopic (exact) mass is 387 g/mol. The zero-order valence-electron chi connectivity index (χ0n) is 14.2. The van der Waals surface area contributed by atoms with Crippen LogP contribution in [0.5, 0.6) is 5.75 Å². The lowest BCUT2D eigenvalue weighted by atomic mass is 10.1. The van der Waals surface area contributed by atoms with E-state index in [0.29, 0.717) is 16.5 Å². The molecule has 0 aliphatic carbocycles. The summed E-state index contributed by atoms with van der Waals surface area (Å²) in [6, 6.07) is 7.67. The van der Waals surface area contributed by atoms with Crippen LogP contribution in [0.3, 0.4) is 0 Å². The number of pyridine rings is 1. The Morgan fingerprint density at radius 2 is 2.00 bits per heavy atom. The third-order valence-electron chi connectivity index (χ3n) is 3.60. The van der Waals surface area contributed by atoms with Crippen molar-refractivity contribution >= 4 is 34.5 Å². The number of rotatable bonds is 5. The molecule has 1 aromatic carbocycles. The Hall–Kier alpha value is -3.19. The lowest BCUT2D eigenvalue weighted by Crippen LogP contribution is -2.18. The van der Waals surface area contributed by atoms with Gasteiger partial charge in [-0.25, -0.2) is 9.59 Å². The average Bonchev–Trinajstić information content (AvgIpc) is 2.65. The quantitative estimate of drug-likeness (QED) is 0.488. The minimum Gasteiger partial charge on any atom is -0.461 e. The summed E-state index contributed by atoms with van der Waals surface area (Å²) >= 11 is 5.79. The minimum absolute atomic E-state index is 0.0791. The molecule has 0 unspecified atom stereocenters. The summed E-state index contributed by atoms with van der Waals surface area (Å²) < 4.78 is 15.4. The maximum atomic E-state index is 12.3. The van der Waals surface area contributed by atoms with Crippen molar-refractivity contribution in [2.75, 3.05) is 0 Å². The predicted molar refractivity (Wildman–Crippen MR) is 96.8 cm³/mol. The van der Waals surface area contributed by atoms with Gasteiger partial charge in [0.1, 0.15) is 17.8 Å². The molecule has 138 valence electrons. The first-order chi connectivity index (χ1) is 13.0. The van der Waals surface area contributed by atoms with Crippen molar-refractivity contribution < 1.29 is 23.5 Å². The van der Waals surface area contributed by atoms with Gasteiger partial charge in [-0.15, -0.1) is 0 Å². The van der Waals surface area contributed by atoms with Gasteiger partial charge in [0.05, 0.1) is 11.2 Å². The number of benzene rings is 1. The zero-order chi connectivity index (χ0) is 19.4. The van der Waals surface area contributed by atoms with Crippen molar-refractivity contribution in [3.8, 4) is 5.75 Å². The first-order valence-corrected chi connectivity index (χ1v) is 8.39. The number of carbonyl (C=O) groups is 2. The third-order valence-corrected chi connectivity index (χ3v) is 3.80. The molecule has 0 saturated heterocycles. The predicted octanol–water partition coefficient (Wildman–Crippen LogP) is 3.51. The number of fused-ring (bicyclic) bond motifs is 1. The average molecular weight is 388 g/mol. The molecule has 7 nitrogen and oxygen atoms in total. The van der Waals surface area contributed by atoms with Gasteiger partial charge in [-0.3, -0.25) is 9.78 Å². The van der Waals surface area contributed by atoms with Gasteiger partial charge in [-0.2, -0.15) is 0 Å². The highest BCUT2D eigenvalue weighted by molar-refractivity contribution is 6.30. The lowest BCUT2D eigenvalue weighted by Gasteiger charge is -2.06. The first-order valence-electron chi connectivity index (χ1n) is 8.01. The molecule has 0 aliphatic heterocycles. The van der Waals surface area contributed by atoms with E-state index < -0.39 is 11.6 Å². The van der Waals surface area contributed by atoms with Gasteiger partial charge in [-0.05, 0) is 23.8 Å². The van der Waals surface area contributed by atoms with Crippen molar-refractivity contribution in [1.82, 2.24) is 4.98 Å². The normalized spacial score (nSPS) is 10.6. The Kier molecular flexibility index (Phi) is 5.52. The SMILES string of the molecule is CCC(=O)OCc1ccc2oc(=O)c(C(=O)Oc3cncc(Cl)c3)cc2c1. The summed E-state index contributed by atoms with van der Waals surface area (Å²) in [5.74, 6) is -1.11. The van der Waals surface area contributed by atoms with Gasteiger partial charge in [0, 0.05) is 24.1 Å². The highest BCUT2D eigenvalue weighted by atomic mass is 35.5. The molecule has 3 aromatic rings. The summed E-state index contributed by atoms with van der Waals surface area (Å²) in [6.07, 6.45) is 2.96. The number of carbonyl (C=O) groups excluding carboxylic acids is 2. The Balaban J connectivity index is 1.88. The van der Waals surface area contributed by atoms with E-state index in [1.54, 1.807) is 25.1 Å². The Morgan fingerprint density at radius 3 is 2.74 bits per heavy atom. The Morgan fingerprint density at radius 1 is 1.19 bits per heavy atom. The van der Waals surface area contributed by atoms with E-state index in [-0.39, 0.29) is 35.3 Å². The van der Waals surface area contributed by atoms with Crippen LogP contribution in [0.4, 0.5) is 0 Å². The summed E-state index contributed by atoms with van der Waals surface area (Å²) in [5, 5.41) is 0.785. The molecule has 0 amide bonds. The van der Waals surface area contributed by atoms with Crippen LogP contribution in [0.2, 0.25) is 5.02 Å². The van der Waals surface area contributed by atoms with Gasteiger partial charge in [-0.1, -0.05) is 24.6 Å². The van der Waals surface area contributed by atoms with Crippen molar-refractivity contribution in [2.45, 2.75) is 20.0 Å². The maximum Gasteiger partial charge on any atom is 0.351 e. The van der Waals surface area contributed by atoms with Crippen LogP contribution in [0.1, 0.15) is 29.3 Å². The molecule has 2 aromatic heterocycles. The second kappa shape index (κ2) is 8.01. The molecule has 2 heterocycles. The topological polar surface area (TPSA) is 95.7 Å². The molecule has 0 N–H and O–H groups in total. The molecule has 0 fully saturated rings. The molecule has 0 bridgehead atoms. The first kappa shape index (κ1) is 18.6. The fourth-order valence-corrected chi connectivity index (χ4v) is 2.44. The summed E-state index contributed by atoms with van der Waals surface area (Å²) in [4.78, 5) is 39.5. The molecule has 0 aliphatic rings. The van der Waals surface area contributed by atoms with E-state index >= 15 is 0 Å². The molecule has 0 atom stereocenters. The number of nitrogens with zero attached hydrogens (tertiary/aromatic N) is 1. The van der Waals surface area contributed by atoms with E-state index in [1.165, 1.54) is 24.5 Å². The number of ether oxygens (including phenoxy) is 2. The van der Waals surface area contributed by atoms with Gasteiger partial charge in [0.2, 0.25) is 0 Å². The molecule has 3 rings (SSSR count). The number of halogens is 1. The lowest BCUT2D eigenvalue weighted by molar-refractivity contribution is -0.144. The maximum absolute atomic E-state index is 12.3. The smallest absolute Gasteiger partial charge is 0.351 e. The molecular weight excluding hydrogens is 374 g/mol. The molecular formula is C19H14ClNO6. The second-order valence-corrected chi connectivity index (χ2v) is 6.00. The van der Waals surface area contributed by atoms with Crippen LogP contribution in [0.15, 0.2) is 51.9 Å². The van der Waals surface area contributed by atoms with Crippen LogP contribution in [0, 0.1) is 0 Å². The van der Waals surface area contributed by atoms with Crippen LogP contribution < -0.4 is 10.4 Å². The minimum atomic E-state index is -0.891. The van der Waals surface area contributed by atoms with Gasteiger partial charge in [0.15, 0.2) is 5.75 Å². The number of aromatic nitrogens is 1. The van der Waals surface area contributed by atoms with Gasteiger partial charge in [0.25, 0.3) is 0 Å². The third kappa shape index (κ3) is 4.51. The van der Waals surface area contributed by atoms with E-state index in [1.807, 2.05) is 0 Å². The number of hydrogen-bond donors (Lipinski definition) is 0. The largest absolute Gasteiger partial charge is 0.461 e. The van der Waals surface area contributed by atoms with E-state index in [2.05, 4.69) is 4.98 Å². The summed E-state index contributed by atoms with van der Waals surface area (Å²) in [5.41, 5.74) is -0.110. The number of esters is 2. The fraction of sp³-hybridized carbons (Fsp3) is 0.158. The molecule has 0 radical (unpaired) electrons. The van der Waals surface area contributed by atoms with Crippen LogP contribution in [0.25, 0.3) is 11.0 Å². The number of hydrogen-bond acceptors (Lipinski definition) is 7. The summed E-state index contributed by atoms with van der Waals surface area (Å²) in [7, 11) is 0. The summed E-state index contributed by atoms with van der Waals surface area (Å²) in [6.45, 7) is 1.78. The molecule has 0 spiro atoms. The standard InChI is InChI=1S/C19H14ClNO6/c1-2-17(22)25-10-11-3-4-16-12(5-11)6-15(19(24)27-16)18(23)26-14-7-13(20)8-21-9-14/h3-9H,2,10H2,1H3. The van der Waals surface area contributed by atoms with E-state index in [9.17, 15) is 14.4 Å². The van der Waals surface area contributed by atoms with E-state index in [0.717, 1.165) is 0 Å². The van der Waals surface area contributed by atoms with Crippen molar-refractivity contribution in [3.05, 3.63) is 69.3 Å². The van der Waals surface area contributed by atoms with Crippen molar-refractivity contribution in [1.29, 1.82) is 0 Å². The Bertz CT molecular complexity index is 1080. The van der Waals surface area contributed by atoms with Gasteiger partial charge < -0.3 is 13.9 Å². The Labute approximate surface area is 158 Å². The highest BCUT2D eigenvalue weighted by Gasteiger charge is 2.17.